The van der Waals surface area contributed by atoms with Gasteiger partial charge in [-0.1, -0.05) is 25.1 Å². The summed E-state index contributed by atoms with van der Waals surface area (Å²) < 4.78 is 28.9. The zero-order valence-electron chi connectivity index (χ0n) is 14.6. The molecule has 25 heavy (non-hydrogen) atoms. The largest absolute Gasteiger partial charge is 0.318 e. The molecule has 0 radical (unpaired) electrons. The summed E-state index contributed by atoms with van der Waals surface area (Å²) in [6, 6.07) is 13.7. The molecule has 3 rings (SSSR count). The number of halogens is 2. The van der Waals surface area contributed by atoms with Crippen molar-refractivity contribution in [2.45, 2.75) is 27.2 Å². The Balaban J connectivity index is 2.01. The second-order valence-electron chi connectivity index (χ2n) is 6.00. The molecule has 0 saturated carbocycles. The highest BCUT2D eigenvalue weighted by Crippen LogP contribution is 2.24. The second-order valence-corrected chi connectivity index (χ2v) is 6.00. The average molecular weight is 338 g/mol. The lowest BCUT2D eigenvalue weighted by atomic mass is 10.1. The van der Waals surface area contributed by atoms with Crippen molar-refractivity contribution in [1.29, 1.82) is 0 Å². The Morgan fingerprint density at radius 2 is 1.80 bits per heavy atom. The van der Waals surface area contributed by atoms with E-state index >= 15 is 0 Å². The van der Waals surface area contributed by atoms with Gasteiger partial charge >= 0.3 is 0 Å². The van der Waals surface area contributed by atoms with Crippen molar-refractivity contribution in [3.63, 3.8) is 0 Å². The van der Waals surface area contributed by atoms with Gasteiger partial charge in [0.15, 0.2) is 5.82 Å². The van der Waals surface area contributed by atoms with Gasteiger partial charge in [-0.2, -0.15) is 0 Å². The van der Waals surface area contributed by atoms with E-state index in [0.717, 1.165) is 35.1 Å². The van der Waals surface area contributed by atoms with Gasteiger partial charge in [-0.15, -0.1) is 0 Å². The highest BCUT2D eigenvalue weighted by molar-refractivity contribution is 5.84. The number of hydrogen-bond donors (Lipinski definition) is 0. The maximum Gasteiger partial charge on any atom is 0.151 e. The zero-order valence-corrected chi connectivity index (χ0v) is 14.6. The molecule has 128 valence electrons. The summed E-state index contributed by atoms with van der Waals surface area (Å²) >= 11 is 0. The van der Waals surface area contributed by atoms with E-state index in [1.807, 2.05) is 32.0 Å². The van der Waals surface area contributed by atoms with Crippen LogP contribution in [0, 0.1) is 25.5 Å². The van der Waals surface area contributed by atoms with Crippen LogP contribution >= 0.6 is 0 Å². The first-order valence-corrected chi connectivity index (χ1v) is 8.27. The Hall–Kier alpha value is -2.75. The lowest BCUT2D eigenvalue weighted by Gasteiger charge is -2.13. The van der Waals surface area contributed by atoms with Crippen LogP contribution in [0.5, 0.6) is 0 Å². The summed E-state index contributed by atoms with van der Waals surface area (Å²) in [6.45, 7) is 6.18. The van der Waals surface area contributed by atoms with Gasteiger partial charge < -0.3 is 4.57 Å². The molecular weight excluding hydrogens is 318 g/mol. The lowest BCUT2D eigenvalue weighted by Crippen LogP contribution is -2.03. The molecule has 0 unspecified atom stereocenters. The van der Waals surface area contributed by atoms with E-state index in [-0.39, 0.29) is 5.69 Å². The molecule has 0 bridgehead atoms. The van der Waals surface area contributed by atoms with Crippen LogP contribution in [0.1, 0.15) is 29.4 Å². The van der Waals surface area contributed by atoms with Crippen LogP contribution in [0.4, 0.5) is 14.5 Å². The number of benzene rings is 2. The van der Waals surface area contributed by atoms with Crippen molar-refractivity contribution in [3.05, 3.63) is 82.7 Å². The first kappa shape index (κ1) is 17.1. The summed E-state index contributed by atoms with van der Waals surface area (Å²) in [4.78, 5) is 4.19. The molecule has 0 saturated heterocycles. The van der Waals surface area contributed by atoms with Crippen molar-refractivity contribution >= 4 is 11.9 Å². The summed E-state index contributed by atoms with van der Waals surface area (Å²) in [6.07, 6.45) is 2.57. The summed E-state index contributed by atoms with van der Waals surface area (Å²) in [5, 5.41) is 0. The molecule has 3 aromatic rings. The van der Waals surface area contributed by atoms with Crippen LogP contribution in [-0.4, -0.2) is 10.8 Å². The minimum absolute atomic E-state index is 0.125. The average Bonchev–Trinajstić information content (AvgIpc) is 2.88. The molecule has 0 aliphatic carbocycles. The Kier molecular flexibility index (Phi) is 4.79. The monoisotopic (exact) mass is 338 g/mol. The van der Waals surface area contributed by atoms with Gasteiger partial charge in [-0.3, -0.25) is 4.99 Å². The third kappa shape index (κ3) is 3.38. The molecule has 0 amide bonds. The first-order chi connectivity index (χ1) is 12.0. The third-order valence-corrected chi connectivity index (χ3v) is 4.34. The van der Waals surface area contributed by atoms with Gasteiger partial charge in [0.2, 0.25) is 0 Å². The van der Waals surface area contributed by atoms with Gasteiger partial charge in [0, 0.05) is 34.9 Å². The predicted molar refractivity (Wildman–Crippen MR) is 98.2 cm³/mol. The molecular formula is C21H20F2N2. The van der Waals surface area contributed by atoms with Crippen LogP contribution in [-0.2, 0) is 6.42 Å². The van der Waals surface area contributed by atoms with Crippen LogP contribution in [0.25, 0.3) is 5.69 Å². The van der Waals surface area contributed by atoms with E-state index in [0.29, 0.717) is 0 Å². The summed E-state index contributed by atoms with van der Waals surface area (Å²) in [7, 11) is 0. The maximum absolute atomic E-state index is 13.7. The number of nitrogens with zero attached hydrogens (tertiary/aromatic N) is 2. The topological polar surface area (TPSA) is 17.3 Å². The zero-order chi connectivity index (χ0) is 18.0. The van der Waals surface area contributed by atoms with Gasteiger partial charge in [0.1, 0.15) is 5.82 Å². The van der Waals surface area contributed by atoms with Crippen molar-refractivity contribution < 1.29 is 8.78 Å². The van der Waals surface area contributed by atoms with Gasteiger partial charge in [0.25, 0.3) is 0 Å². The highest BCUT2D eigenvalue weighted by atomic mass is 19.1. The van der Waals surface area contributed by atoms with Gasteiger partial charge in [-0.05, 0) is 50.1 Å². The van der Waals surface area contributed by atoms with E-state index in [9.17, 15) is 8.78 Å². The molecule has 0 N–H and O–H groups in total. The molecule has 0 aliphatic rings. The fraction of sp³-hybridized carbons (Fsp3) is 0.190. The van der Waals surface area contributed by atoms with E-state index in [2.05, 4.69) is 28.6 Å². The van der Waals surface area contributed by atoms with E-state index < -0.39 is 11.6 Å². The SMILES string of the molecule is CCc1ccccc1-n1c(C)cc(C=Nc2ccc(F)cc2F)c1C. The number of hydrogen-bond acceptors (Lipinski definition) is 1. The van der Waals surface area contributed by atoms with E-state index in [1.54, 1.807) is 6.21 Å². The fourth-order valence-electron chi connectivity index (χ4n) is 3.04. The van der Waals surface area contributed by atoms with Crippen LogP contribution in [0.3, 0.4) is 0 Å². The van der Waals surface area contributed by atoms with Gasteiger partial charge in [-0.25, -0.2) is 8.78 Å². The summed E-state index contributed by atoms with van der Waals surface area (Å²) in [5.41, 5.74) is 5.56. The highest BCUT2D eigenvalue weighted by Gasteiger charge is 2.12. The molecule has 4 heteroatoms. The third-order valence-electron chi connectivity index (χ3n) is 4.34. The number of rotatable bonds is 4. The number of aliphatic imine (C=N–C) groups is 1. The predicted octanol–water partition coefficient (Wildman–Crippen LogP) is 5.69. The van der Waals surface area contributed by atoms with Crippen LogP contribution in [0.15, 0.2) is 53.5 Å². The maximum atomic E-state index is 13.7. The molecule has 1 heterocycles. The molecule has 2 aromatic carbocycles. The Morgan fingerprint density at radius 3 is 2.52 bits per heavy atom. The number of aromatic nitrogens is 1. The molecule has 0 spiro atoms. The van der Waals surface area contributed by atoms with Crippen molar-refractivity contribution in [2.75, 3.05) is 0 Å². The second kappa shape index (κ2) is 7.01. The molecule has 1 aromatic heterocycles. The number of aryl methyl sites for hydroxylation is 2. The van der Waals surface area contributed by atoms with Gasteiger partial charge in [0.05, 0.1) is 5.69 Å². The van der Waals surface area contributed by atoms with Crippen molar-refractivity contribution in [2.24, 2.45) is 4.99 Å². The lowest BCUT2D eigenvalue weighted by molar-refractivity contribution is 0.585. The van der Waals surface area contributed by atoms with Crippen LogP contribution < -0.4 is 0 Å². The molecule has 0 atom stereocenters. The smallest absolute Gasteiger partial charge is 0.151 e. The van der Waals surface area contributed by atoms with E-state index in [4.69, 9.17) is 0 Å². The first-order valence-electron chi connectivity index (χ1n) is 8.27. The molecule has 0 fully saturated rings. The number of para-hydroxylation sites is 1. The van der Waals surface area contributed by atoms with Crippen molar-refractivity contribution in [3.8, 4) is 5.69 Å². The molecule has 2 nitrogen and oxygen atoms in total. The quantitative estimate of drug-likeness (QED) is 0.544. The van der Waals surface area contributed by atoms with Crippen molar-refractivity contribution in [1.82, 2.24) is 4.57 Å². The molecule has 0 aliphatic heterocycles. The minimum Gasteiger partial charge on any atom is -0.318 e. The summed E-state index contributed by atoms with van der Waals surface area (Å²) in [5.74, 6) is -1.27. The Labute approximate surface area is 146 Å². The van der Waals surface area contributed by atoms with E-state index in [1.165, 1.54) is 17.7 Å². The Bertz CT molecular complexity index is 939. The normalized spacial score (nSPS) is 11.4. The van der Waals surface area contributed by atoms with Crippen LogP contribution in [0.2, 0.25) is 0 Å². The fourth-order valence-corrected chi connectivity index (χ4v) is 3.04. The Morgan fingerprint density at radius 1 is 1.04 bits per heavy atom. The standard InChI is InChI=1S/C21H20F2N2/c1-4-16-7-5-6-8-21(16)25-14(2)11-17(15(25)3)13-24-20-10-9-18(22)12-19(20)23/h5-13H,4H2,1-3H3. The minimum atomic E-state index is -0.665.